The van der Waals surface area contributed by atoms with Crippen LogP contribution in [-0.4, -0.2) is 48.4 Å². The van der Waals surface area contributed by atoms with Crippen LogP contribution in [0.25, 0.3) is 0 Å². The van der Waals surface area contributed by atoms with Crippen molar-refractivity contribution in [3.05, 3.63) is 41.9 Å². The van der Waals surface area contributed by atoms with Crippen LogP contribution >= 0.6 is 0 Å². The Morgan fingerprint density at radius 3 is 2.94 bits per heavy atom. The highest BCUT2D eigenvalue weighted by molar-refractivity contribution is 6.09. The summed E-state index contributed by atoms with van der Waals surface area (Å²) in [6, 6.07) is 6.32. The van der Waals surface area contributed by atoms with Gasteiger partial charge in [0.15, 0.2) is 0 Å². The molecular formula is C25H30N6O3. The van der Waals surface area contributed by atoms with Crippen LogP contribution in [0.4, 0.5) is 11.5 Å². The Morgan fingerprint density at radius 2 is 2.12 bits per heavy atom. The summed E-state index contributed by atoms with van der Waals surface area (Å²) in [5, 5.41) is 6.68. The number of carbonyl (C=O) groups is 1. The van der Waals surface area contributed by atoms with Crippen molar-refractivity contribution in [1.82, 2.24) is 20.8 Å². The number of rotatable bonds is 5. The first-order chi connectivity index (χ1) is 16.7. The molecule has 7 rings (SSSR count). The third-order valence-corrected chi connectivity index (χ3v) is 8.75. The maximum absolute atomic E-state index is 13.0. The van der Waals surface area contributed by atoms with Crippen LogP contribution in [0, 0.1) is 17.8 Å². The molecule has 2 saturated carbocycles. The topological polar surface area (TPSA) is 109 Å². The monoisotopic (exact) mass is 462 g/mol. The molecule has 9 nitrogen and oxygen atoms in total. The minimum Gasteiger partial charge on any atom is -0.497 e. The number of carbonyl (C=O) groups excluding carboxylic acids is 1. The minimum atomic E-state index is -0.369. The van der Waals surface area contributed by atoms with Gasteiger partial charge in [0.2, 0.25) is 5.91 Å². The van der Waals surface area contributed by atoms with Crippen LogP contribution in [0.15, 0.2) is 30.6 Å². The predicted octanol–water partition coefficient (Wildman–Crippen LogP) is 2.14. The molecule has 6 atom stereocenters. The molecule has 178 valence electrons. The Labute approximate surface area is 198 Å². The summed E-state index contributed by atoms with van der Waals surface area (Å²) in [6.45, 7) is 1.46. The van der Waals surface area contributed by atoms with Crippen molar-refractivity contribution in [2.75, 3.05) is 31.0 Å². The molecule has 2 aromatic rings. The molecular weight excluding hydrogens is 432 g/mol. The molecule has 2 saturated heterocycles. The molecule has 5 aliphatic rings. The lowest BCUT2D eigenvalue weighted by atomic mass is 9.74. The number of fused-ring (bicyclic) bond motifs is 3. The normalized spacial score (nSPS) is 35.9. The molecule has 34 heavy (non-hydrogen) atoms. The van der Waals surface area contributed by atoms with Gasteiger partial charge in [0.05, 0.1) is 43.8 Å². The van der Waals surface area contributed by atoms with Crippen LogP contribution in [-0.2, 0) is 14.9 Å². The molecule has 4 N–H and O–H groups in total. The van der Waals surface area contributed by atoms with Crippen molar-refractivity contribution >= 4 is 17.4 Å². The first kappa shape index (κ1) is 20.6. The van der Waals surface area contributed by atoms with Gasteiger partial charge in [0.25, 0.3) is 0 Å². The summed E-state index contributed by atoms with van der Waals surface area (Å²) in [5.74, 6) is 3.53. The maximum Gasteiger partial charge on any atom is 0.235 e. The molecule has 4 fully saturated rings. The number of hydrogen-bond donors (Lipinski definition) is 4. The van der Waals surface area contributed by atoms with Crippen molar-refractivity contribution in [3.8, 4) is 5.75 Å². The summed E-state index contributed by atoms with van der Waals surface area (Å²) in [6.07, 6.45) is 7.99. The quantitative estimate of drug-likeness (QED) is 0.535. The molecule has 1 aromatic carbocycles. The van der Waals surface area contributed by atoms with Crippen molar-refractivity contribution in [2.45, 2.75) is 49.2 Å². The van der Waals surface area contributed by atoms with E-state index in [9.17, 15) is 4.79 Å². The Bertz CT molecular complexity index is 1140. The molecule has 2 aliphatic carbocycles. The van der Waals surface area contributed by atoms with Gasteiger partial charge in [-0.2, -0.15) is 0 Å². The number of anilines is 2. The molecule has 0 bridgehead atoms. The molecule has 0 radical (unpaired) electrons. The molecule has 9 heteroatoms. The number of amides is 1. The number of hydrazine groups is 1. The molecule has 4 unspecified atom stereocenters. The number of hydrogen-bond acceptors (Lipinski definition) is 8. The Hall–Kier alpha value is -2.75. The van der Waals surface area contributed by atoms with Crippen molar-refractivity contribution in [2.24, 2.45) is 17.8 Å². The van der Waals surface area contributed by atoms with Crippen LogP contribution in [0.3, 0.4) is 0 Å². The number of ether oxygens (including phenoxy) is 2. The number of nitrogens with zero attached hydrogens (tertiary/aromatic N) is 2. The lowest BCUT2D eigenvalue weighted by Gasteiger charge is -2.34. The van der Waals surface area contributed by atoms with Gasteiger partial charge in [-0.25, -0.2) is 10.4 Å². The maximum atomic E-state index is 13.0. The molecule has 1 aromatic heterocycles. The van der Waals surface area contributed by atoms with E-state index in [0.717, 1.165) is 67.4 Å². The van der Waals surface area contributed by atoms with Gasteiger partial charge in [-0.05, 0) is 61.3 Å². The summed E-state index contributed by atoms with van der Waals surface area (Å²) >= 11 is 0. The molecule has 3 aliphatic heterocycles. The lowest BCUT2D eigenvalue weighted by molar-refractivity contribution is -0.118. The average Bonchev–Trinajstić information content (AvgIpc) is 3.37. The molecule has 1 amide bonds. The summed E-state index contributed by atoms with van der Waals surface area (Å²) in [7, 11) is 1.68. The zero-order chi connectivity index (χ0) is 22.9. The minimum absolute atomic E-state index is 0.112. The fraction of sp³-hybridized carbons (Fsp3) is 0.560. The van der Waals surface area contributed by atoms with Crippen molar-refractivity contribution in [1.29, 1.82) is 0 Å². The van der Waals surface area contributed by atoms with E-state index in [-0.39, 0.29) is 17.5 Å². The van der Waals surface area contributed by atoms with Crippen LogP contribution in [0.1, 0.15) is 42.9 Å². The fourth-order valence-electron chi connectivity index (χ4n) is 6.73. The van der Waals surface area contributed by atoms with Gasteiger partial charge in [0, 0.05) is 29.8 Å². The zero-order valence-corrected chi connectivity index (χ0v) is 19.2. The van der Waals surface area contributed by atoms with Crippen molar-refractivity contribution in [3.63, 3.8) is 0 Å². The second kappa shape index (κ2) is 7.63. The smallest absolute Gasteiger partial charge is 0.235 e. The van der Waals surface area contributed by atoms with Gasteiger partial charge in [-0.1, -0.05) is 0 Å². The number of nitrogens with one attached hydrogen (secondary N) is 4. The highest BCUT2D eigenvalue weighted by atomic mass is 16.5. The summed E-state index contributed by atoms with van der Waals surface area (Å²) in [5.41, 5.74) is 9.68. The SMILES string of the molecule is COc1ccc2c(c1)[C@]1(C[C@H]1C1CCC3C(C1)NNC3Nc1cncc(C3COC3)n1)C(=O)N2. The van der Waals surface area contributed by atoms with E-state index in [1.807, 2.05) is 18.3 Å². The van der Waals surface area contributed by atoms with Gasteiger partial charge in [0.1, 0.15) is 11.6 Å². The second-order valence-corrected chi connectivity index (χ2v) is 10.5. The zero-order valence-electron chi connectivity index (χ0n) is 19.2. The molecule has 1 spiro atoms. The van der Waals surface area contributed by atoms with Crippen molar-refractivity contribution < 1.29 is 14.3 Å². The van der Waals surface area contributed by atoms with Crippen LogP contribution in [0.5, 0.6) is 5.75 Å². The average molecular weight is 463 g/mol. The van der Waals surface area contributed by atoms with E-state index in [2.05, 4.69) is 32.5 Å². The van der Waals surface area contributed by atoms with E-state index >= 15 is 0 Å². The van der Waals surface area contributed by atoms with E-state index in [4.69, 9.17) is 14.5 Å². The van der Waals surface area contributed by atoms with E-state index in [1.165, 1.54) is 0 Å². The van der Waals surface area contributed by atoms with Crippen LogP contribution in [0.2, 0.25) is 0 Å². The number of methoxy groups -OCH3 is 1. The Kier molecular flexibility index (Phi) is 4.62. The number of benzene rings is 1. The largest absolute Gasteiger partial charge is 0.497 e. The number of aromatic nitrogens is 2. The summed E-state index contributed by atoms with van der Waals surface area (Å²) < 4.78 is 10.7. The Balaban J connectivity index is 1.03. The first-order valence-corrected chi connectivity index (χ1v) is 12.3. The highest BCUT2D eigenvalue weighted by Crippen LogP contribution is 2.65. The fourth-order valence-corrected chi connectivity index (χ4v) is 6.73. The van der Waals surface area contributed by atoms with E-state index in [0.29, 0.717) is 29.7 Å². The summed E-state index contributed by atoms with van der Waals surface area (Å²) in [4.78, 5) is 22.2. The van der Waals surface area contributed by atoms with Gasteiger partial charge in [-0.3, -0.25) is 15.2 Å². The third kappa shape index (κ3) is 3.07. The third-order valence-electron chi connectivity index (χ3n) is 8.75. The first-order valence-electron chi connectivity index (χ1n) is 12.3. The highest BCUT2D eigenvalue weighted by Gasteiger charge is 2.67. The van der Waals surface area contributed by atoms with Gasteiger partial charge < -0.3 is 20.1 Å². The van der Waals surface area contributed by atoms with Crippen LogP contribution < -0.4 is 26.2 Å². The van der Waals surface area contributed by atoms with E-state index in [1.54, 1.807) is 13.3 Å². The van der Waals surface area contributed by atoms with E-state index < -0.39 is 0 Å². The lowest BCUT2D eigenvalue weighted by Crippen LogP contribution is -2.39. The second-order valence-electron chi connectivity index (χ2n) is 10.5. The van der Waals surface area contributed by atoms with Gasteiger partial charge >= 0.3 is 0 Å². The van der Waals surface area contributed by atoms with Gasteiger partial charge in [-0.15, -0.1) is 0 Å². The standard InChI is InChI=1S/C25H30N6O3/c1-33-15-3-5-19-17(7-15)25(24(32)28-19)8-18(25)13-2-4-16-20(6-13)30-31-23(16)29-22-10-26-9-21(27-22)14-11-34-12-14/h3,5,7,9-10,13-14,16,18,20,23,30-31H,2,4,6,8,11-12H2,1H3,(H,27,29)(H,28,32)/t13?,16?,18-,20?,23?,25-/m0/s1. The molecule has 4 heterocycles. The Morgan fingerprint density at radius 1 is 1.21 bits per heavy atom. The predicted molar refractivity (Wildman–Crippen MR) is 125 cm³/mol.